The van der Waals surface area contributed by atoms with Crippen molar-refractivity contribution in [2.45, 2.75) is 44.6 Å². The molecule has 0 amide bonds. The summed E-state index contributed by atoms with van der Waals surface area (Å²) in [6.45, 7) is 1.21. The van der Waals surface area contributed by atoms with Crippen LogP contribution in [0.4, 0.5) is 0 Å². The topological polar surface area (TPSA) is 56.0 Å². The van der Waals surface area contributed by atoms with Crippen molar-refractivity contribution in [2.75, 3.05) is 13.2 Å². The molecule has 0 spiro atoms. The third kappa shape index (κ3) is 3.65. The van der Waals surface area contributed by atoms with Crippen LogP contribution in [0.2, 0.25) is 0 Å². The fraction of sp³-hybridized carbons (Fsp3) is 0.909. The number of rotatable bonds is 5. The van der Waals surface area contributed by atoms with Crippen molar-refractivity contribution in [2.24, 2.45) is 5.92 Å². The number of aliphatic hydroxyl groups excluding tert-OH is 1. The molecular weight excluding hydrogens is 176 g/mol. The van der Waals surface area contributed by atoms with Crippen molar-refractivity contribution in [3.05, 3.63) is 0 Å². The lowest BCUT2D eigenvalue weighted by molar-refractivity contribution is 0.274. The molecule has 1 rings (SSSR count). The molecular formula is C11H20N2O. The third-order valence-electron chi connectivity index (χ3n) is 2.92. The number of nitrogens with one attached hydrogen (secondary N) is 1. The SMILES string of the molecule is N#CC1CCCCC1NCCCCO. The van der Waals surface area contributed by atoms with Gasteiger partial charge in [0.05, 0.1) is 12.0 Å². The van der Waals surface area contributed by atoms with Crippen LogP contribution in [0.15, 0.2) is 0 Å². The highest BCUT2D eigenvalue weighted by Crippen LogP contribution is 2.23. The summed E-state index contributed by atoms with van der Waals surface area (Å²) in [5.41, 5.74) is 0. The van der Waals surface area contributed by atoms with Gasteiger partial charge in [-0.15, -0.1) is 0 Å². The van der Waals surface area contributed by atoms with E-state index in [1.807, 2.05) is 0 Å². The zero-order valence-electron chi connectivity index (χ0n) is 8.71. The number of hydrogen-bond acceptors (Lipinski definition) is 3. The van der Waals surface area contributed by atoms with Crippen LogP contribution >= 0.6 is 0 Å². The normalized spacial score (nSPS) is 27.1. The van der Waals surface area contributed by atoms with Gasteiger partial charge in [0.1, 0.15) is 0 Å². The van der Waals surface area contributed by atoms with Crippen molar-refractivity contribution >= 4 is 0 Å². The minimum Gasteiger partial charge on any atom is -0.396 e. The minimum absolute atomic E-state index is 0.206. The molecule has 2 unspecified atom stereocenters. The Morgan fingerprint density at radius 1 is 1.29 bits per heavy atom. The first-order valence-electron chi connectivity index (χ1n) is 5.62. The van der Waals surface area contributed by atoms with Crippen LogP contribution in [0.25, 0.3) is 0 Å². The maximum absolute atomic E-state index is 8.93. The lowest BCUT2D eigenvalue weighted by Crippen LogP contribution is -2.38. The Hall–Kier alpha value is -0.590. The molecule has 2 atom stereocenters. The fourth-order valence-electron chi connectivity index (χ4n) is 2.05. The summed E-state index contributed by atoms with van der Waals surface area (Å²) in [4.78, 5) is 0. The first-order chi connectivity index (χ1) is 6.88. The second kappa shape index (κ2) is 6.80. The van der Waals surface area contributed by atoms with Gasteiger partial charge in [0.15, 0.2) is 0 Å². The van der Waals surface area contributed by atoms with Crippen LogP contribution in [0, 0.1) is 17.2 Å². The van der Waals surface area contributed by atoms with E-state index in [0.717, 1.165) is 32.2 Å². The molecule has 14 heavy (non-hydrogen) atoms. The Labute approximate surface area is 86.1 Å². The van der Waals surface area contributed by atoms with E-state index in [1.165, 1.54) is 12.8 Å². The zero-order valence-corrected chi connectivity index (χ0v) is 8.71. The second-order valence-electron chi connectivity index (χ2n) is 4.01. The van der Waals surface area contributed by atoms with E-state index in [-0.39, 0.29) is 12.5 Å². The van der Waals surface area contributed by atoms with Crippen molar-refractivity contribution in [3.63, 3.8) is 0 Å². The van der Waals surface area contributed by atoms with E-state index in [4.69, 9.17) is 10.4 Å². The fourth-order valence-corrected chi connectivity index (χ4v) is 2.05. The van der Waals surface area contributed by atoms with Crippen LogP contribution < -0.4 is 5.32 Å². The van der Waals surface area contributed by atoms with Crippen LogP contribution in [-0.2, 0) is 0 Å². The molecule has 0 radical (unpaired) electrons. The van der Waals surface area contributed by atoms with Gasteiger partial charge >= 0.3 is 0 Å². The van der Waals surface area contributed by atoms with Gasteiger partial charge in [0, 0.05) is 12.6 Å². The van der Waals surface area contributed by atoms with E-state index in [0.29, 0.717) is 6.04 Å². The van der Waals surface area contributed by atoms with E-state index < -0.39 is 0 Å². The zero-order chi connectivity index (χ0) is 10.2. The van der Waals surface area contributed by atoms with Crippen LogP contribution in [-0.4, -0.2) is 24.3 Å². The lowest BCUT2D eigenvalue weighted by atomic mass is 9.85. The van der Waals surface area contributed by atoms with Gasteiger partial charge < -0.3 is 10.4 Å². The average molecular weight is 196 g/mol. The maximum atomic E-state index is 8.93. The van der Waals surface area contributed by atoms with E-state index in [1.54, 1.807) is 0 Å². The first-order valence-corrected chi connectivity index (χ1v) is 5.62. The van der Waals surface area contributed by atoms with E-state index >= 15 is 0 Å². The van der Waals surface area contributed by atoms with Gasteiger partial charge in [0.25, 0.3) is 0 Å². The molecule has 0 aromatic carbocycles. The molecule has 0 bridgehead atoms. The highest BCUT2D eigenvalue weighted by molar-refractivity contribution is 4.94. The minimum atomic E-state index is 0.206. The summed E-state index contributed by atoms with van der Waals surface area (Å²) in [6.07, 6.45) is 6.50. The van der Waals surface area contributed by atoms with Gasteiger partial charge in [-0.25, -0.2) is 0 Å². The number of hydrogen-bond donors (Lipinski definition) is 2. The van der Waals surface area contributed by atoms with Crippen molar-refractivity contribution in [1.82, 2.24) is 5.32 Å². The molecule has 1 fully saturated rings. The quantitative estimate of drug-likeness (QED) is 0.654. The molecule has 3 nitrogen and oxygen atoms in total. The van der Waals surface area contributed by atoms with Crippen LogP contribution in [0.5, 0.6) is 0 Å². The number of nitriles is 1. The molecule has 2 N–H and O–H groups in total. The molecule has 1 aliphatic carbocycles. The molecule has 0 aromatic rings. The molecule has 0 heterocycles. The molecule has 1 saturated carbocycles. The highest BCUT2D eigenvalue weighted by atomic mass is 16.2. The maximum Gasteiger partial charge on any atom is 0.0672 e. The van der Waals surface area contributed by atoms with Crippen molar-refractivity contribution in [1.29, 1.82) is 5.26 Å². The Morgan fingerprint density at radius 2 is 2.07 bits per heavy atom. The van der Waals surface area contributed by atoms with Crippen LogP contribution in [0.1, 0.15) is 38.5 Å². The van der Waals surface area contributed by atoms with Crippen LogP contribution in [0.3, 0.4) is 0 Å². The third-order valence-corrected chi connectivity index (χ3v) is 2.92. The van der Waals surface area contributed by atoms with Crippen molar-refractivity contribution < 1.29 is 5.11 Å². The van der Waals surface area contributed by atoms with Gasteiger partial charge in [-0.05, 0) is 32.2 Å². The average Bonchev–Trinajstić information content (AvgIpc) is 2.25. The predicted octanol–water partition coefficient (Wildman–Crippen LogP) is 1.43. The van der Waals surface area contributed by atoms with Gasteiger partial charge in [0.2, 0.25) is 0 Å². The molecule has 1 aliphatic rings. The highest BCUT2D eigenvalue weighted by Gasteiger charge is 2.23. The van der Waals surface area contributed by atoms with E-state index in [2.05, 4.69) is 11.4 Å². The summed E-state index contributed by atoms with van der Waals surface area (Å²) in [6, 6.07) is 2.78. The molecule has 0 aromatic heterocycles. The Bertz CT molecular complexity index is 188. The van der Waals surface area contributed by atoms with Gasteiger partial charge in [-0.1, -0.05) is 12.8 Å². The standard InChI is InChI=1S/C11H20N2O/c12-9-10-5-1-2-6-11(10)13-7-3-4-8-14/h10-11,13-14H,1-8H2. The molecule has 0 aliphatic heterocycles. The Kier molecular flexibility index (Phi) is 5.58. The predicted molar refractivity (Wildman–Crippen MR) is 55.7 cm³/mol. The number of aliphatic hydroxyl groups is 1. The summed E-state index contributed by atoms with van der Waals surface area (Å²) in [7, 11) is 0. The summed E-state index contributed by atoms with van der Waals surface area (Å²) >= 11 is 0. The molecule has 0 saturated heterocycles. The summed E-state index contributed by atoms with van der Waals surface area (Å²) in [5, 5.41) is 21.0. The second-order valence-corrected chi connectivity index (χ2v) is 4.01. The smallest absolute Gasteiger partial charge is 0.0672 e. The monoisotopic (exact) mass is 196 g/mol. The lowest BCUT2D eigenvalue weighted by Gasteiger charge is -2.27. The number of nitrogens with zero attached hydrogens (tertiary/aromatic N) is 1. The number of unbranched alkanes of at least 4 members (excludes halogenated alkanes) is 1. The Balaban J connectivity index is 2.17. The Morgan fingerprint density at radius 3 is 2.79 bits per heavy atom. The summed E-state index contributed by atoms with van der Waals surface area (Å²) in [5.74, 6) is 0.206. The largest absolute Gasteiger partial charge is 0.396 e. The van der Waals surface area contributed by atoms with E-state index in [9.17, 15) is 0 Å². The van der Waals surface area contributed by atoms with Gasteiger partial charge in [-0.3, -0.25) is 0 Å². The first kappa shape index (κ1) is 11.5. The molecule has 3 heteroatoms. The van der Waals surface area contributed by atoms with Crippen molar-refractivity contribution in [3.8, 4) is 6.07 Å². The van der Waals surface area contributed by atoms with Gasteiger partial charge in [-0.2, -0.15) is 5.26 Å². The molecule has 80 valence electrons. The summed E-state index contributed by atoms with van der Waals surface area (Å²) < 4.78 is 0.